The minimum atomic E-state index is -0.714. The number of hydrogen-bond acceptors (Lipinski definition) is 6. The highest BCUT2D eigenvalue weighted by Gasteiger charge is 2.38. The molecular weight excluding hydrogens is 352 g/mol. The van der Waals surface area contributed by atoms with Gasteiger partial charge in [0.1, 0.15) is 11.4 Å². The third-order valence-corrected chi connectivity index (χ3v) is 4.72. The number of amides is 2. The van der Waals surface area contributed by atoms with E-state index in [1.165, 1.54) is 23.5 Å². The van der Waals surface area contributed by atoms with E-state index in [9.17, 15) is 14.4 Å². The zero-order valence-electron chi connectivity index (χ0n) is 13.4. The molecule has 6 nitrogen and oxygen atoms in total. The quantitative estimate of drug-likeness (QED) is 0.665. The lowest BCUT2D eigenvalue weighted by atomic mass is 10.1. The average molecular weight is 364 g/mol. The molecule has 0 saturated heterocycles. The number of rotatable bonds is 4. The number of imide groups is 1. The number of nitrogens with zero attached hydrogens (tertiary/aromatic N) is 2. The van der Waals surface area contributed by atoms with Crippen molar-refractivity contribution in [3.63, 3.8) is 0 Å². The van der Waals surface area contributed by atoms with Gasteiger partial charge in [-0.05, 0) is 12.1 Å². The Balaban J connectivity index is 1.45. The summed E-state index contributed by atoms with van der Waals surface area (Å²) in [5.41, 5.74) is 2.17. The zero-order valence-corrected chi connectivity index (χ0v) is 14.2. The van der Waals surface area contributed by atoms with E-state index in [4.69, 9.17) is 4.84 Å². The first-order chi connectivity index (χ1) is 12.6. The SMILES string of the molecule is O=C(Cc1nc(-c2ccccc2)cs1)ON1C(=O)c2ccccc2C1=O. The van der Waals surface area contributed by atoms with Gasteiger partial charge in [-0.15, -0.1) is 11.3 Å². The van der Waals surface area contributed by atoms with Crippen LogP contribution in [0.4, 0.5) is 0 Å². The second kappa shape index (κ2) is 6.53. The Labute approximate surface area is 152 Å². The number of hydroxylamine groups is 2. The Hall–Kier alpha value is -3.32. The predicted octanol–water partition coefficient (Wildman–Crippen LogP) is 3.11. The van der Waals surface area contributed by atoms with E-state index in [0.29, 0.717) is 10.1 Å². The molecule has 7 heteroatoms. The maximum absolute atomic E-state index is 12.2. The molecule has 1 aromatic heterocycles. The van der Waals surface area contributed by atoms with Crippen LogP contribution in [0.15, 0.2) is 60.0 Å². The van der Waals surface area contributed by atoms with Crippen LogP contribution in [-0.4, -0.2) is 27.8 Å². The zero-order chi connectivity index (χ0) is 18.1. The van der Waals surface area contributed by atoms with Gasteiger partial charge in [-0.1, -0.05) is 47.5 Å². The van der Waals surface area contributed by atoms with E-state index >= 15 is 0 Å². The van der Waals surface area contributed by atoms with Crippen LogP contribution in [0.2, 0.25) is 0 Å². The number of benzene rings is 2. The standard InChI is InChI=1S/C19H12N2O4S/c22-17(10-16-20-15(11-26-16)12-6-2-1-3-7-12)25-21-18(23)13-8-4-5-9-14(13)19(21)24/h1-9,11H,10H2. The molecule has 2 amide bonds. The lowest BCUT2D eigenvalue weighted by Gasteiger charge is -2.11. The summed E-state index contributed by atoms with van der Waals surface area (Å²) in [7, 11) is 0. The van der Waals surface area contributed by atoms with E-state index in [1.807, 2.05) is 35.7 Å². The van der Waals surface area contributed by atoms with Gasteiger partial charge in [-0.3, -0.25) is 9.59 Å². The van der Waals surface area contributed by atoms with Gasteiger partial charge >= 0.3 is 5.97 Å². The maximum atomic E-state index is 12.2. The van der Waals surface area contributed by atoms with Crippen LogP contribution in [0.1, 0.15) is 25.7 Å². The normalized spacial score (nSPS) is 13.0. The topological polar surface area (TPSA) is 76.6 Å². The molecule has 3 aromatic rings. The molecule has 0 N–H and O–H groups in total. The van der Waals surface area contributed by atoms with Crippen LogP contribution in [0, 0.1) is 0 Å². The fourth-order valence-electron chi connectivity index (χ4n) is 2.64. The van der Waals surface area contributed by atoms with Crippen molar-refractivity contribution in [2.75, 3.05) is 0 Å². The van der Waals surface area contributed by atoms with E-state index < -0.39 is 17.8 Å². The van der Waals surface area contributed by atoms with Crippen molar-refractivity contribution in [1.29, 1.82) is 0 Å². The molecule has 128 valence electrons. The molecule has 4 rings (SSSR count). The first-order valence-corrected chi connectivity index (χ1v) is 8.70. The van der Waals surface area contributed by atoms with Crippen LogP contribution in [0.3, 0.4) is 0 Å². The molecule has 0 bridgehead atoms. The fraction of sp³-hybridized carbons (Fsp3) is 0.0526. The highest BCUT2D eigenvalue weighted by atomic mass is 32.1. The Kier molecular flexibility index (Phi) is 4.06. The van der Waals surface area contributed by atoms with E-state index in [-0.39, 0.29) is 17.5 Å². The molecule has 0 spiro atoms. The fourth-order valence-corrected chi connectivity index (χ4v) is 3.43. The van der Waals surface area contributed by atoms with Gasteiger partial charge in [0.15, 0.2) is 0 Å². The molecule has 2 heterocycles. The molecule has 1 aliphatic heterocycles. The number of carbonyl (C=O) groups excluding carboxylic acids is 3. The lowest BCUT2D eigenvalue weighted by Crippen LogP contribution is -2.33. The van der Waals surface area contributed by atoms with Crippen molar-refractivity contribution in [2.45, 2.75) is 6.42 Å². The third-order valence-electron chi connectivity index (χ3n) is 3.87. The molecule has 2 aromatic carbocycles. The molecule has 0 unspecified atom stereocenters. The van der Waals surface area contributed by atoms with Crippen molar-refractivity contribution in [3.05, 3.63) is 76.1 Å². The first-order valence-electron chi connectivity index (χ1n) is 7.82. The number of hydrogen-bond donors (Lipinski definition) is 0. The summed E-state index contributed by atoms with van der Waals surface area (Å²) in [6.07, 6.45) is -0.120. The molecule has 26 heavy (non-hydrogen) atoms. The highest BCUT2D eigenvalue weighted by Crippen LogP contribution is 2.24. The smallest absolute Gasteiger partial charge is 0.329 e. The molecule has 0 saturated carbocycles. The van der Waals surface area contributed by atoms with Crippen LogP contribution in [0.25, 0.3) is 11.3 Å². The molecule has 0 fully saturated rings. The van der Waals surface area contributed by atoms with E-state index in [1.54, 1.807) is 12.1 Å². The minimum Gasteiger partial charge on any atom is -0.329 e. The third kappa shape index (κ3) is 2.89. The summed E-state index contributed by atoms with van der Waals surface area (Å²) in [5, 5.41) is 2.91. The summed E-state index contributed by atoms with van der Waals surface area (Å²) in [6.45, 7) is 0. The summed E-state index contributed by atoms with van der Waals surface area (Å²) < 4.78 is 0. The lowest BCUT2D eigenvalue weighted by molar-refractivity contribution is -0.167. The highest BCUT2D eigenvalue weighted by molar-refractivity contribution is 7.10. The first kappa shape index (κ1) is 16.2. The Morgan fingerprint density at radius 2 is 1.58 bits per heavy atom. The van der Waals surface area contributed by atoms with E-state index in [0.717, 1.165) is 11.3 Å². The Morgan fingerprint density at radius 3 is 2.23 bits per heavy atom. The van der Waals surface area contributed by atoms with Gasteiger partial charge in [-0.25, -0.2) is 9.78 Å². The van der Waals surface area contributed by atoms with Crippen molar-refractivity contribution in [1.82, 2.24) is 10.0 Å². The monoisotopic (exact) mass is 364 g/mol. The van der Waals surface area contributed by atoms with Gasteiger partial charge in [0, 0.05) is 10.9 Å². The second-order valence-corrected chi connectivity index (χ2v) is 6.53. The molecular formula is C19H12N2O4S. The second-order valence-electron chi connectivity index (χ2n) is 5.58. The number of aromatic nitrogens is 1. The van der Waals surface area contributed by atoms with Gasteiger partial charge in [0.2, 0.25) is 0 Å². The average Bonchev–Trinajstić information content (AvgIpc) is 3.22. The summed E-state index contributed by atoms with van der Waals surface area (Å²) in [4.78, 5) is 46.0. The van der Waals surface area contributed by atoms with Crippen molar-refractivity contribution >= 4 is 29.1 Å². The molecule has 1 aliphatic rings. The van der Waals surface area contributed by atoms with Crippen LogP contribution >= 0.6 is 11.3 Å². The van der Waals surface area contributed by atoms with Crippen LogP contribution in [0.5, 0.6) is 0 Å². The predicted molar refractivity (Wildman–Crippen MR) is 94.3 cm³/mol. The Morgan fingerprint density at radius 1 is 0.962 bits per heavy atom. The maximum Gasteiger partial charge on any atom is 0.340 e. The molecule has 0 atom stereocenters. The van der Waals surface area contributed by atoms with Crippen LogP contribution in [-0.2, 0) is 16.1 Å². The number of fused-ring (bicyclic) bond motifs is 1. The van der Waals surface area contributed by atoms with Gasteiger partial charge in [0.05, 0.1) is 16.8 Å². The van der Waals surface area contributed by atoms with Crippen molar-refractivity contribution in [3.8, 4) is 11.3 Å². The number of thiazole rings is 1. The van der Waals surface area contributed by atoms with Gasteiger partial charge in [-0.2, -0.15) is 0 Å². The minimum absolute atomic E-state index is 0.120. The summed E-state index contributed by atoms with van der Waals surface area (Å²) in [5.74, 6) is -1.99. The van der Waals surface area contributed by atoms with Gasteiger partial charge < -0.3 is 4.84 Å². The van der Waals surface area contributed by atoms with Crippen molar-refractivity contribution < 1.29 is 19.2 Å². The largest absolute Gasteiger partial charge is 0.340 e. The van der Waals surface area contributed by atoms with E-state index in [2.05, 4.69) is 4.98 Å². The Bertz CT molecular complexity index is 978. The molecule has 0 aliphatic carbocycles. The number of carbonyl (C=O) groups is 3. The van der Waals surface area contributed by atoms with Gasteiger partial charge in [0.25, 0.3) is 11.8 Å². The van der Waals surface area contributed by atoms with Crippen molar-refractivity contribution in [2.24, 2.45) is 0 Å². The van der Waals surface area contributed by atoms with Crippen LogP contribution < -0.4 is 0 Å². The molecule has 0 radical (unpaired) electrons. The summed E-state index contributed by atoms with van der Waals surface area (Å²) in [6, 6.07) is 15.9. The summed E-state index contributed by atoms with van der Waals surface area (Å²) >= 11 is 1.32.